The van der Waals surface area contributed by atoms with Gasteiger partial charge in [-0.1, -0.05) is 6.42 Å². The molecule has 0 aromatic carbocycles. The topological polar surface area (TPSA) is 42.0 Å². The number of hydrogen-bond acceptors (Lipinski definition) is 3. The Bertz CT molecular complexity index is 336. The number of piperidine rings is 1. The van der Waals surface area contributed by atoms with Crippen LogP contribution in [-0.2, 0) is 16.6 Å². The van der Waals surface area contributed by atoms with Crippen LogP contribution in [0.25, 0.3) is 0 Å². The number of nitrogens with zero attached hydrogens (tertiary/aromatic N) is 1. The second kappa shape index (κ2) is 6.11. The van der Waals surface area contributed by atoms with Gasteiger partial charge in [-0.3, -0.25) is 9.19 Å². The molecule has 1 aromatic rings. The predicted octanol–water partition coefficient (Wildman–Crippen LogP) is 1.47. The normalized spacial score (nSPS) is 22.9. The minimum Gasteiger partial charge on any atom is -0.313 e. The summed E-state index contributed by atoms with van der Waals surface area (Å²) in [6.07, 6.45) is 7.20. The molecule has 2 rings (SSSR count). The molecule has 0 bridgehead atoms. The SMILES string of the molecule is O=[S@@](Cc1ccncc1)C[C@H]1CCCCN1. The standard InChI is InChI=1S/C12H18N2OS/c15-16(9-11-4-7-13-8-5-11)10-12-3-1-2-6-14-12/h4-5,7-8,12,14H,1-3,6,9-10H2/t12-,16+/m1/s1. The van der Waals surface area contributed by atoms with Crippen LogP contribution >= 0.6 is 0 Å². The Morgan fingerprint density at radius 3 is 2.88 bits per heavy atom. The van der Waals surface area contributed by atoms with Crippen LogP contribution < -0.4 is 5.32 Å². The highest BCUT2D eigenvalue weighted by Gasteiger charge is 2.15. The van der Waals surface area contributed by atoms with Crippen molar-refractivity contribution in [2.45, 2.75) is 31.1 Å². The Hall–Kier alpha value is -0.740. The quantitative estimate of drug-likeness (QED) is 0.864. The van der Waals surface area contributed by atoms with Crippen molar-refractivity contribution in [1.29, 1.82) is 0 Å². The lowest BCUT2D eigenvalue weighted by atomic mass is 10.1. The van der Waals surface area contributed by atoms with Crippen LogP contribution in [-0.4, -0.2) is 27.5 Å². The summed E-state index contributed by atoms with van der Waals surface area (Å²) < 4.78 is 11.9. The fourth-order valence-electron chi connectivity index (χ4n) is 2.01. The van der Waals surface area contributed by atoms with Gasteiger partial charge in [-0.2, -0.15) is 0 Å². The van der Waals surface area contributed by atoms with Gasteiger partial charge in [0.25, 0.3) is 0 Å². The maximum atomic E-state index is 11.9. The molecule has 0 radical (unpaired) electrons. The Morgan fingerprint density at radius 2 is 2.19 bits per heavy atom. The molecule has 1 aromatic heterocycles. The summed E-state index contributed by atoms with van der Waals surface area (Å²) in [4.78, 5) is 3.96. The van der Waals surface area contributed by atoms with Gasteiger partial charge in [-0.25, -0.2) is 0 Å². The molecule has 0 saturated carbocycles. The summed E-state index contributed by atoms with van der Waals surface area (Å²) in [7, 11) is -0.759. The second-order valence-electron chi connectivity index (χ2n) is 4.25. The Morgan fingerprint density at radius 1 is 1.38 bits per heavy atom. The van der Waals surface area contributed by atoms with Crippen molar-refractivity contribution in [3.8, 4) is 0 Å². The zero-order valence-electron chi connectivity index (χ0n) is 9.39. The Labute approximate surface area is 99.1 Å². The van der Waals surface area contributed by atoms with E-state index < -0.39 is 10.8 Å². The van der Waals surface area contributed by atoms with Crippen LogP contribution in [0.5, 0.6) is 0 Å². The van der Waals surface area contributed by atoms with Crippen LogP contribution in [0, 0.1) is 0 Å². The highest BCUT2D eigenvalue weighted by molar-refractivity contribution is 7.84. The third kappa shape index (κ3) is 3.68. The van der Waals surface area contributed by atoms with E-state index in [1.807, 2.05) is 12.1 Å². The lowest BCUT2D eigenvalue weighted by molar-refractivity contribution is 0.427. The van der Waals surface area contributed by atoms with Gasteiger partial charge in [0.1, 0.15) is 0 Å². The van der Waals surface area contributed by atoms with E-state index in [-0.39, 0.29) is 0 Å². The maximum absolute atomic E-state index is 11.9. The van der Waals surface area contributed by atoms with E-state index in [1.54, 1.807) is 12.4 Å². The summed E-state index contributed by atoms with van der Waals surface area (Å²) in [5, 5.41) is 3.43. The van der Waals surface area contributed by atoms with E-state index >= 15 is 0 Å². The van der Waals surface area contributed by atoms with Crippen molar-refractivity contribution in [2.24, 2.45) is 0 Å². The first-order valence-electron chi connectivity index (χ1n) is 5.82. The van der Waals surface area contributed by atoms with Gasteiger partial charge in [0, 0.05) is 40.7 Å². The van der Waals surface area contributed by atoms with Crippen molar-refractivity contribution in [3.63, 3.8) is 0 Å². The molecular formula is C12H18N2OS. The predicted molar refractivity (Wildman–Crippen MR) is 66.6 cm³/mol. The van der Waals surface area contributed by atoms with Crippen LogP contribution in [0.1, 0.15) is 24.8 Å². The molecule has 4 heteroatoms. The highest BCUT2D eigenvalue weighted by Crippen LogP contribution is 2.10. The van der Waals surface area contributed by atoms with Gasteiger partial charge < -0.3 is 5.32 Å². The number of aromatic nitrogens is 1. The van der Waals surface area contributed by atoms with Crippen LogP contribution in [0.3, 0.4) is 0 Å². The molecule has 0 spiro atoms. The summed E-state index contributed by atoms with van der Waals surface area (Å²) >= 11 is 0. The summed E-state index contributed by atoms with van der Waals surface area (Å²) in [5.74, 6) is 1.43. The maximum Gasteiger partial charge on any atom is 0.0487 e. The molecule has 0 unspecified atom stereocenters. The summed E-state index contributed by atoms with van der Waals surface area (Å²) in [6, 6.07) is 4.33. The summed E-state index contributed by atoms with van der Waals surface area (Å²) in [6.45, 7) is 1.08. The van der Waals surface area contributed by atoms with E-state index in [0.29, 0.717) is 11.8 Å². The summed E-state index contributed by atoms with van der Waals surface area (Å²) in [5.41, 5.74) is 1.11. The van der Waals surface area contributed by atoms with Crippen LogP contribution in [0.15, 0.2) is 24.5 Å². The first-order chi connectivity index (χ1) is 7.84. The third-order valence-corrected chi connectivity index (χ3v) is 4.31. The van der Waals surface area contributed by atoms with Crippen LogP contribution in [0.4, 0.5) is 0 Å². The largest absolute Gasteiger partial charge is 0.313 e. The van der Waals surface area contributed by atoms with Crippen molar-refractivity contribution in [3.05, 3.63) is 30.1 Å². The molecule has 1 aliphatic rings. The zero-order valence-corrected chi connectivity index (χ0v) is 10.2. The lowest BCUT2D eigenvalue weighted by Crippen LogP contribution is -2.38. The van der Waals surface area contributed by atoms with Gasteiger partial charge in [0.05, 0.1) is 0 Å². The molecule has 1 N–H and O–H groups in total. The molecule has 0 aliphatic carbocycles. The van der Waals surface area contributed by atoms with E-state index in [2.05, 4.69) is 10.3 Å². The van der Waals surface area contributed by atoms with Crippen molar-refractivity contribution in [2.75, 3.05) is 12.3 Å². The monoisotopic (exact) mass is 238 g/mol. The van der Waals surface area contributed by atoms with Gasteiger partial charge >= 0.3 is 0 Å². The molecular weight excluding hydrogens is 220 g/mol. The van der Waals surface area contributed by atoms with Crippen LogP contribution in [0.2, 0.25) is 0 Å². The molecule has 16 heavy (non-hydrogen) atoms. The second-order valence-corrected chi connectivity index (χ2v) is 5.75. The molecule has 2 atom stereocenters. The average Bonchev–Trinajstić information content (AvgIpc) is 2.31. The molecule has 3 nitrogen and oxygen atoms in total. The van der Waals surface area contributed by atoms with Gasteiger partial charge in [-0.15, -0.1) is 0 Å². The first-order valence-corrected chi connectivity index (χ1v) is 7.30. The van der Waals surface area contributed by atoms with Gasteiger partial charge in [0.2, 0.25) is 0 Å². The van der Waals surface area contributed by atoms with Crippen molar-refractivity contribution < 1.29 is 4.21 Å². The van der Waals surface area contributed by atoms with Gasteiger partial charge in [-0.05, 0) is 37.1 Å². The number of rotatable bonds is 4. The molecule has 2 heterocycles. The van der Waals surface area contributed by atoms with Crippen molar-refractivity contribution >= 4 is 10.8 Å². The zero-order chi connectivity index (χ0) is 11.2. The van der Waals surface area contributed by atoms with E-state index in [0.717, 1.165) is 17.9 Å². The molecule has 1 saturated heterocycles. The molecule has 1 fully saturated rings. The highest BCUT2D eigenvalue weighted by atomic mass is 32.2. The first kappa shape index (κ1) is 11.7. The lowest BCUT2D eigenvalue weighted by Gasteiger charge is -2.22. The molecule has 1 aliphatic heterocycles. The minimum atomic E-state index is -0.759. The number of pyridine rings is 1. The molecule has 88 valence electrons. The smallest absolute Gasteiger partial charge is 0.0487 e. The minimum absolute atomic E-state index is 0.455. The number of hydrogen-bond donors (Lipinski definition) is 1. The van der Waals surface area contributed by atoms with E-state index in [1.165, 1.54) is 19.3 Å². The fraction of sp³-hybridized carbons (Fsp3) is 0.583. The average molecular weight is 238 g/mol. The van der Waals surface area contributed by atoms with E-state index in [4.69, 9.17) is 0 Å². The third-order valence-electron chi connectivity index (χ3n) is 2.88. The molecule has 0 amide bonds. The van der Waals surface area contributed by atoms with Gasteiger partial charge in [0.15, 0.2) is 0 Å². The van der Waals surface area contributed by atoms with E-state index in [9.17, 15) is 4.21 Å². The van der Waals surface area contributed by atoms with Crippen molar-refractivity contribution in [1.82, 2.24) is 10.3 Å². The number of nitrogens with one attached hydrogen (secondary N) is 1. The Balaban J connectivity index is 1.80. The fourth-order valence-corrected chi connectivity index (χ4v) is 3.43. The Kier molecular flexibility index (Phi) is 4.48.